The third-order valence-corrected chi connectivity index (χ3v) is 3.91. The number of hydrogen-bond acceptors (Lipinski definition) is 2. The van der Waals surface area contributed by atoms with Crippen LogP contribution in [0.3, 0.4) is 0 Å². The molecule has 0 spiro atoms. The zero-order chi connectivity index (χ0) is 12.3. The molecule has 2 N–H and O–H groups in total. The molecule has 1 aromatic carbocycles. The van der Waals surface area contributed by atoms with Gasteiger partial charge in [0.2, 0.25) is 0 Å². The molecule has 0 aromatic heterocycles. The second-order valence-corrected chi connectivity index (χ2v) is 5.45. The minimum absolute atomic E-state index is 0.660. The molecule has 0 radical (unpaired) electrons. The van der Waals surface area contributed by atoms with Crippen LogP contribution in [-0.2, 0) is 6.54 Å². The number of hydrogen-bond donors (Lipinski definition) is 1. The van der Waals surface area contributed by atoms with Crippen LogP contribution in [0.2, 0.25) is 5.02 Å². The predicted octanol–water partition coefficient (Wildman–Crippen LogP) is 3.69. The number of likely N-dealkylation sites (tertiary alicyclic amines) is 1. The van der Waals surface area contributed by atoms with E-state index in [9.17, 15) is 0 Å². The van der Waals surface area contributed by atoms with Gasteiger partial charge in [-0.3, -0.25) is 4.90 Å². The van der Waals surface area contributed by atoms with Crippen molar-refractivity contribution in [3.8, 4) is 0 Å². The Hall–Kier alpha value is -0.730. The zero-order valence-electron chi connectivity index (χ0n) is 10.5. The lowest BCUT2D eigenvalue weighted by molar-refractivity contribution is 0.205. The summed E-state index contributed by atoms with van der Waals surface area (Å²) in [5.41, 5.74) is 8.02. The number of nitrogens with zero attached hydrogens (tertiary/aromatic N) is 1. The summed E-state index contributed by atoms with van der Waals surface area (Å²) >= 11 is 5.92. The Bertz CT molecular complexity index is 378. The summed E-state index contributed by atoms with van der Waals surface area (Å²) in [5, 5.41) is 0.718. The maximum Gasteiger partial charge on any atom is 0.0426 e. The molecule has 17 heavy (non-hydrogen) atoms. The van der Waals surface area contributed by atoms with E-state index in [-0.39, 0.29) is 0 Å². The topological polar surface area (TPSA) is 29.3 Å². The van der Waals surface area contributed by atoms with Crippen LogP contribution >= 0.6 is 11.6 Å². The van der Waals surface area contributed by atoms with Crippen LogP contribution in [0, 0.1) is 0 Å². The summed E-state index contributed by atoms with van der Waals surface area (Å²) in [5.74, 6) is 0. The van der Waals surface area contributed by atoms with E-state index in [1.165, 1.54) is 37.8 Å². The van der Waals surface area contributed by atoms with Crippen LogP contribution in [0.5, 0.6) is 0 Å². The monoisotopic (exact) mass is 252 g/mol. The molecular weight excluding hydrogens is 232 g/mol. The molecule has 1 aromatic rings. The normalized spacial score (nSPS) is 22.4. The van der Waals surface area contributed by atoms with Gasteiger partial charge in [-0.25, -0.2) is 0 Å². The first kappa shape index (κ1) is 12.7. The van der Waals surface area contributed by atoms with Crippen LogP contribution < -0.4 is 5.73 Å². The summed E-state index contributed by atoms with van der Waals surface area (Å²) in [6.45, 7) is 4.45. The molecule has 0 saturated carbocycles. The van der Waals surface area contributed by atoms with Crippen LogP contribution in [0.4, 0.5) is 5.69 Å². The molecule has 1 aliphatic rings. The van der Waals surface area contributed by atoms with Crippen molar-refractivity contribution in [1.29, 1.82) is 0 Å². The quantitative estimate of drug-likeness (QED) is 0.814. The van der Waals surface area contributed by atoms with Crippen molar-refractivity contribution in [2.45, 2.75) is 45.2 Å². The van der Waals surface area contributed by atoms with E-state index in [2.05, 4.69) is 17.9 Å². The van der Waals surface area contributed by atoms with E-state index in [0.717, 1.165) is 17.3 Å². The summed E-state index contributed by atoms with van der Waals surface area (Å²) in [7, 11) is 0. The molecule has 1 atom stereocenters. The van der Waals surface area contributed by atoms with Crippen LogP contribution in [0.25, 0.3) is 0 Å². The highest BCUT2D eigenvalue weighted by atomic mass is 35.5. The summed E-state index contributed by atoms with van der Waals surface area (Å²) in [6.07, 6.45) is 5.32. The Morgan fingerprint density at radius 2 is 2.18 bits per heavy atom. The molecule has 0 aliphatic carbocycles. The average Bonchev–Trinajstić information content (AvgIpc) is 2.48. The fourth-order valence-electron chi connectivity index (χ4n) is 2.50. The van der Waals surface area contributed by atoms with Gasteiger partial charge in [0.15, 0.2) is 0 Å². The SMILES string of the molecule is CC1CCCCCN1Cc1ccc(Cl)cc1N. The van der Waals surface area contributed by atoms with Crippen molar-refractivity contribution in [2.75, 3.05) is 12.3 Å². The van der Waals surface area contributed by atoms with Crippen molar-refractivity contribution in [1.82, 2.24) is 4.90 Å². The van der Waals surface area contributed by atoms with Crippen molar-refractivity contribution in [2.24, 2.45) is 0 Å². The van der Waals surface area contributed by atoms with E-state index in [0.29, 0.717) is 6.04 Å². The number of nitrogens with two attached hydrogens (primary N) is 1. The molecule has 0 bridgehead atoms. The first-order valence-electron chi connectivity index (χ1n) is 6.45. The molecular formula is C14H21ClN2. The van der Waals surface area contributed by atoms with Gasteiger partial charge in [0, 0.05) is 23.3 Å². The van der Waals surface area contributed by atoms with Crippen molar-refractivity contribution >= 4 is 17.3 Å². The minimum atomic E-state index is 0.660. The van der Waals surface area contributed by atoms with Gasteiger partial charge in [-0.1, -0.05) is 30.5 Å². The summed E-state index contributed by atoms with van der Waals surface area (Å²) < 4.78 is 0. The van der Waals surface area contributed by atoms with E-state index in [1.807, 2.05) is 12.1 Å². The predicted molar refractivity (Wildman–Crippen MR) is 74.2 cm³/mol. The van der Waals surface area contributed by atoms with Gasteiger partial charge in [-0.15, -0.1) is 0 Å². The third kappa shape index (κ3) is 3.36. The number of rotatable bonds is 2. The van der Waals surface area contributed by atoms with Crippen molar-refractivity contribution < 1.29 is 0 Å². The smallest absolute Gasteiger partial charge is 0.0426 e. The highest BCUT2D eigenvalue weighted by Gasteiger charge is 2.17. The van der Waals surface area contributed by atoms with Crippen molar-refractivity contribution in [3.63, 3.8) is 0 Å². The number of benzene rings is 1. The average molecular weight is 253 g/mol. The highest BCUT2D eigenvalue weighted by molar-refractivity contribution is 6.30. The second-order valence-electron chi connectivity index (χ2n) is 5.01. The van der Waals surface area contributed by atoms with Gasteiger partial charge in [-0.2, -0.15) is 0 Å². The van der Waals surface area contributed by atoms with E-state index < -0.39 is 0 Å². The number of anilines is 1. The summed E-state index contributed by atoms with van der Waals surface area (Å²) in [4.78, 5) is 2.53. The van der Waals surface area contributed by atoms with Gasteiger partial charge < -0.3 is 5.73 Å². The lowest BCUT2D eigenvalue weighted by Crippen LogP contribution is -2.32. The molecule has 1 fully saturated rings. The lowest BCUT2D eigenvalue weighted by Gasteiger charge is -2.27. The minimum Gasteiger partial charge on any atom is -0.398 e. The van der Waals surface area contributed by atoms with Gasteiger partial charge >= 0.3 is 0 Å². The lowest BCUT2D eigenvalue weighted by atomic mass is 10.1. The van der Waals surface area contributed by atoms with E-state index >= 15 is 0 Å². The number of nitrogen functional groups attached to an aromatic ring is 1. The standard InChI is InChI=1S/C14H21ClN2/c1-11-5-3-2-4-8-17(11)10-12-6-7-13(15)9-14(12)16/h6-7,9,11H,2-5,8,10,16H2,1H3. The Kier molecular flexibility index (Phi) is 4.30. The first-order chi connectivity index (χ1) is 8.16. The Morgan fingerprint density at radius 1 is 1.35 bits per heavy atom. The van der Waals surface area contributed by atoms with E-state index in [4.69, 9.17) is 17.3 Å². The number of halogens is 1. The highest BCUT2D eigenvalue weighted by Crippen LogP contribution is 2.23. The maximum atomic E-state index is 6.01. The molecule has 1 saturated heterocycles. The van der Waals surface area contributed by atoms with Crippen LogP contribution in [0.15, 0.2) is 18.2 Å². The Balaban J connectivity index is 2.08. The van der Waals surface area contributed by atoms with Crippen LogP contribution in [0.1, 0.15) is 38.2 Å². The van der Waals surface area contributed by atoms with Gasteiger partial charge in [-0.05, 0) is 44.0 Å². The first-order valence-corrected chi connectivity index (χ1v) is 6.82. The molecule has 1 unspecified atom stereocenters. The molecule has 0 amide bonds. The maximum absolute atomic E-state index is 6.01. The second kappa shape index (κ2) is 5.74. The molecule has 3 heteroatoms. The van der Waals surface area contributed by atoms with Gasteiger partial charge in [0.1, 0.15) is 0 Å². The molecule has 94 valence electrons. The molecule has 1 heterocycles. The molecule has 2 nitrogen and oxygen atoms in total. The fourth-order valence-corrected chi connectivity index (χ4v) is 2.68. The Morgan fingerprint density at radius 3 is 2.94 bits per heavy atom. The molecule has 1 aliphatic heterocycles. The zero-order valence-corrected chi connectivity index (χ0v) is 11.2. The van der Waals surface area contributed by atoms with Gasteiger partial charge in [0.05, 0.1) is 0 Å². The fraction of sp³-hybridized carbons (Fsp3) is 0.571. The van der Waals surface area contributed by atoms with Crippen molar-refractivity contribution in [3.05, 3.63) is 28.8 Å². The largest absolute Gasteiger partial charge is 0.398 e. The molecule has 2 rings (SSSR count). The van der Waals surface area contributed by atoms with Gasteiger partial charge in [0.25, 0.3) is 0 Å². The third-order valence-electron chi connectivity index (χ3n) is 3.67. The van der Waals surface area contributed by atoms with E-state index in [1.54, 1.807) is 0 Å². The van der Waals surface area contributed by atoms with Crippen LogP contribution in [-0.4, -0.2) is 17.5 Å². The Labute approximate surface area is 109 Å². The summed E-state index contributed by atoms with van der Waals surface area (Å²) in [6, 6.07) is 6.48.